The molecule has 0 aliphatic carbocycles. The summed E-state index contributed by atoms with van der Waals surface area (Å²) in [4.78, 5) is 15.8. The predicted octanol–water partition coefficient (Wildman–Crippen LogP) is 1.54. The van der Waals surface area contributed by atoms with Gasteiger partial charge in [0.2, 0.25) is 0 Å². The van der Waals surface area contributed by atoms with E-state index < -0.39 is 5.63 Å². The number of halogens is 1. The van der Waals surface area contributed by atoms with Gasteiger partial charge in [-0.05, 0) is 12.1 Å². The molecule has 0 aliphatic rings. The lowest BCUT2D eigenvalue weighted by Gasteiger charge is -2.02. The zero-order chi connectivity index (χ0) is 11.7. The first-order valence-electron chi connectivity index (χ1n) is 4.38. The highest BCUT2D eigenvalue weighted by atomic mass is 35.5. The molecule has 84 valence electrons. The minimum atomic E-state index is -0.556. The predicted molar refractivity (Wildman–Crippen MR) is 58.1 cm³/mol. The maximum Gasteiger partial charge on any atom is 0.341 e. The fourth-order valence-electron chi connectivity index (χ4n) is 1.36. The van der Waals surface area contributed by atoms with Crippen LogP contribution in [0.2, 0.25) is 5.02 Å². The maximum atomic E-state index is 11.4. The molecule has 6 heteroatoms. The minimum Gasteiger partial charge on any atom is -0.506 e. The van der Waals surface area contributed by atoms with Crippen molar-refractivity contribution in [3.8, 4) is 5.75 Å². The summed E-state index contributed by atoms with van der Waals surface area (Å²) in [5, 5.41) is 10.1. The largest absolute Gasteiger partial charge is 0.506 e. The molecule has 0 aliphatic heterocycles. The van der Waals surface area contributed by atoms with Crippen molar-refractivity contribution in [3.63, 3.8) is 0 Å². The van der Waals surface area contributed by atoms with E-state index in [9.17, 15) is 9.90 Å². The van der Waals surface area contributed by atoms with Crippen LogP contribution in [-0.2, 0) is 11.4 Å². The summed E-state index contributed by atoms with van der Waals surface area (Å²) in [7, 11) is 0. The van der Waals surface area contributed by atoms with E-state index in [0.717, 1.165) is 0 Å². The molecule has 1 heterocycles. The Hall–Kier alpha value is -1.56. The SMILES string of the molecule is NOCc1cc2cc(Cl)c(O)cc2oc1=O. The summed E-state index contributed by atoms with van der Waals surface area (Å²) < 4.78 is 4.97. The third-order valence-corrected chi connectivity index (χ3v) is 2.42. The van der Waals surface area contributed by atoms with Gasteiger partial charge in [-0.15, -0.1) is 0 Å². The highest BCUT2D eigenvalue weighted by Crippen LogP contribution is 2.28. The van der Waals surface area contributed by atoms with Crippen molar-refractivity contribution in [1.82, 2.24) is 0 Å². The second kappa shape index (κ2) is 4.13. The average Bonchev–Trinajstić information content (AvgIpc) is 2.23. The van der Waals surface area contributed by atoms with E-state index in [4.69, 9.17) is 21.9 Å². The molecule has 1 aromatic heterocycles. The van der Waals surface area contributed by atoms with Crippen LogP contribution < -0.4 is 11.5 Å². The van der Waals surface area contributed by atoms with Gasteiger partial charge in [0.25, 0.3) is 0 Å². The number of hydrogen-bond donors (Lipinski definition) is 2. The number of aromatic hydroxyl groups is 1. The number of phenolic OH excluding ortho intramolecular Hbond substituents is 1. The van der Waals surface area contributed by atoms with Crippen molar-refractivity contribution in [3.05, 3.63) is 39.2 Å². The van der Waals surface area contributed by atoms with Gasteiger partial charge in [0.1, 0.15) is 17.9 Å². The topological polar surface area (TPSA) is 85.7 Å². The molecule has 3 N–H and O–H groups in total. The Balaban J connectivity index is 2.70. The third kappa shape index (κ3) is 1.88. The number of benzene rings is 1. The van der Waals surface area contributed by atoms with E-state index >= 15 is 0 Å². The number of nitrogens with two attached hydrogens (primary N) is 1. The monoisotopic (exact) mass is 241 g/mol. The van der Waals surface area contributed by atoms with Gasteiger partial charge in [-0.25, -0.2) is 10.7 Å². The van der Waals surface area contributed by atoms with Crippen LogP contribution in [0.15, 0.2) is 27.4 Å². The van der Waals surface area contributed by atoms with Crippen molar-refractivity contribution < 1.29 is 14.4 Å². The van der Waals surface area contributed by atoms with Gasteiger partial charge in [-0.2, -0.15) is 0 Å². The Morgan fingerprint density at radius 3 is 2.88 bits per heavy atom. The molecule has 0 bridgehead atoms. The van der Waals surface area contributed by atoms with Crippen LogP contribution in [0.5, 0.6) is 5.75 Å². The van der Waals surface area contributed by atoms with Gasteiger partial charge >= 0.3 is 5.63 Å². The smallest absolute Gasteiger partial charge is 0.341 e. The highest BCUT2D eigenvalue weighted by molar-refractivity contribution is 6.32. The molecular weight excluding hydrogens is 234 g/mol. The zero-order valence-corrected chi connectivity index (χ0v) is 8.82. The normalized spacial score (nSPS) is 10.9. The summed E-state index contributed by atoms with van der Waals surface area (Å²) in [5.74, 6) is 4.74. The van der Waals surface area contributed by atoms with Crippen LogP contribution in [0.4, 0.5) is 0 Å². The van der Waals surface area contributed by atoms with E-state index in [0.29, 0.717) is 5.39 Å². The fourth-order valence-corrected chi connectivity index (χ4v) is 1.53. The molecule has 0 saturated carbocycles. The van der Waals surface area contributed by atoms with Crippen LogP contribution in [0, 0.1) is 0 Å². The molecule has 16 heavy (non-hydrogen) atoms. The van der Waals surface area contributed by atoms with Crippen molar-refractivity contribution in [2.24, 2.45) is 5.90 Å². The molecule has 0 unspecified atom stereocenters. The Kier molecular flexibility index (Phi) is 2.82. The lowest BCUT2D eigenvalue weighted by atomic mass is 10.2. The van der Waals surface area contributed by atoms with Crippen molar-refractivity contribution >= 4 is 22.6 Å². The Labute approximate surface area is 94.9 Å². The molecule has 0 radical (unpaired) electrons. The highest BCUT2D eigenvalue weighted by Gasteiger charge is 2.08. The first kappa shape index (κ1) is 10.9. The molecule has 0 amide bonds. The van der Waals surface area contributed by atoms with E-state index in [2.05, 4.69) is 4.84 Å². The van der Waals surface area contributed by atoms with Crippen LogP contribution in [-0.4, -0.2) is 5.11 Å². The van der Waals surface area contributed by atoms with Crippen LogP contribution >= 0.6 is 11.6 Å². The molecular formula is C10H8ClNO4. The summed E-state index contributed by atoms with van der Waals surface area (Å²) in [6, 6.07) is 4.33. The van der Waals surface area contributed by atoms with Gasteiger partial charge in [0.15, 0.2) is 0 Å². The lowest BCUT2D eigenvalue weighted by molar-refractivity contribution is 0.122. The average molecular weight is 242 g/mol. The molecule has 0 atom stereocenters. The molecule has 1 aromatic carbocycles. The summed E-state index contributed by atoms with van der Waals surface area (Å²) in [5.41, 5.74) is -0.0101. The second-order valence-corrected chi connectivity index (χ2v) is 3.62. The van der Waals surface area contributed by atoms with Crippen molar-refractivity contribution in [1.29, 1.82) is 0 Å². The molecule has 0 spiro atoms. The zero-order valence-electron chi connectivity index (χ0n) is 8.07. The molecule has 2 rings (SSSR count). The van der Waals surface area contributed by atoms with Gasteiger partial charge < -0.3 is 9.52 Å². The second-order valence-electron chi connectivity index (χ2n) is 3.21. The van der Waals surface area contributed by atoms with E-state index in [1.54, 1.807) is 6.07 Å². The molecule has 2 aromatic rings. The van der Waals surface area contributed by atoms with Gasteiger partial charge in [0.05, 0.1) is 10.6 Å². The summed E-state index contributed by atoms with van der Waals surface area (Å²) in [6.07, 6.45) is 0. The quantitative estimate of drug-likeness (QED) is 0.615. The number of hydrogen-bond acceptors (Lipinski definition) is 5. The number of fused-ring (bicyclic) bond motifs is 1. The van der Waals surface area contributed by atoms with Crippen LogP contribution in [0.1, 0.15) is 5.56 Å². The van der Waals surface area contributed by atoms with E-state index in [1.807, 2.05) is 0 Å². The molecule has 5 nitrogen and oxygen atoms in total. The lowest BCUT2D eigenvalue weighted by Crippen LogP contribution is -2.10. The number of rotatable bonds is 2. The Bertz CT molecular complexity index is 593. The van der Waals surface area contributed by atoms with E-state index in [-0.39, 0.29) is 28.5 Å². The first-order chi connectivity index (χ1) is 7.61. The maximum absolute atomic E-state index is 11.4. The molecule has 0 saturated heterocycles. The third-order valence-electron chi connectivity index (χ3n) is 2.11. The summed E-state index contributed by atoms with van der Waals surface area (Å²) in [6.45, 7) is -0.0449. The fraction of sp³-hybridized carbons (Fsp3) is 0.100. The van der Waals surface area contributed by atoms with Gasteiger partial charge in [-0.3, -0.25) is 4.84 Å². The summed E-state index contributed by atoms with van der Waals surface area (Å²) >= 11 is 5.73. The van der Waals surface area contributed by atoms with Gasteiger partial charge in [-0.1, -0.05) is 11.6 Å². The van der Waals surface area contributed by atoms with Crippen LogP contribution in [0.3, 0.4) is 0 Å². The standard InChI is InChI=1S/C10H8ClNO4/c11-7-2-5-1-6(4-15-12)10(14)16-9(5)3-8(7)13/h1-3,13H,4,12H2. The number of phenols is 1. The Morgan fingerprint density at radius 1 is 1.44 bits per heavy atom. The van der Waals surface area contributed by atoms with Crippen molar-refractivity contribution in [2.75, 3.05) is 0 Å². The first-order valence-corrected chi connectivity index (χ1v) is 4.76. The van der Waals surface area contributed by atoms with Gasteiger partial charge in [0, 0.05) is 11.5 Å². The minimum absolute atomic E-state index is 0.0449. The van der Waals surface area contributed by atoms with E-state index in [1.165, 1.54) is 12.1 Å². The Morgan fingerprint density at radius 2 is 2.19 bits per heavy atom. The molecule has 0 fully saturated rings. The van der Waals surface area contributed by atoms with Crippen molar-refractivity contribution in [2.45, 2.75) is 6.61 Å². The van der Waals surface area contributed by atoms with Crippen LogP contribution in [0.25, 0.3) is 11.0 Å².